The molecule has 0 spiro atoms. The van der Waals surface area contributed by atoms with Crippen LogP contribution in [0, 0.1) is 5.82 Å². The Morgan fingerprint density at radius 3 is 2.38 bits per heavy atom. The lowest BCUT2D eigenvalue weighted by Crippen LogP contribution is -1.95. The molecule has 1 aromatic carbocycles. The molecule has 2 rings (SSSR count). The minimum Gasteiger partial charge on any atom is -0.260 e. The van der Waals surface area contributed by atoms with Gasteiger partial charge < -0.3 is 0 Å². The fourth-order valence-electron chi connectivity index (χ4n) is 1.75. The summed E-state index contributed by atoms with van der Waals surface area (Å²) in [7, 11) is 0. The normalized spacial score (nSPS) is 10.8. The van der Waals surface area contributed by atoms with Crippen molar-refractivity contribution >= 4 is 0 Å². The number of hydrogen-bond donors (Lipinski definition) is 0. The number of aromatic nitrogens is 1. The van der Waals surface area contributed by atoms with E-state index in [4.69, 9.17) is 0 Å². The summed E-state index contributed by atoms with van der Waals surface area (Å²) in [4.78, 5) is 4.38. The summed E-state index contributed by atoms with van der Waals surface area (Å²) < 4.78 is 12.8. The summed E-state index contributed by atoms with van der Waals surface area (Å²) in [5.41, 5.74) is 3.14. The molecule has 0 saturated heterocycles. The van der Waals surface area contributed by atoms with Crippen LogP contribution < -0.4 is 0 Å². The third-order valence-corrected chi connectivity index (χ3v) is 2.54. The Morgan fingerprint density at radius 1 is 1.06 bits per heavy atom. The Bertz CT molecular complexity index is 474. The monoisotopic (exact) mass is 215 g/mol. The van der Waals surface area contributed by atoms with E-state index in [2.05, 4.69) is 18.8 Å². The van der Waals surface area contributed by atoms with Gasteiger partial charge in [-0.05, 0) is 29.7 Å². The molecule has 1 heterocycles. The van der Waals surface area contributed by atoms with E-state index in [1.165, 1.54) is 12.1 Å². The Hall–Kier alpha value is -1.70. The maximum Gasteiger partial charge on any atom is 0.123 e. The SMILES string of the molecule is CC(C)c1ncccc1-c1ccc(F)cc1. The summed E-state index contributed by atoms with van der Waals surface area (Å²) in [6.45, 7) is 4.21. The van der Waals surface area contributed by atoms with E-state index in [1.54, 1.807) is 18.3 Å². The number of hydrogen-bond acceptors (Lipinski definition) is 1. The number of halogens is 1. The van der Waals surface area contributed by atoms with Gasteiger partial charge in [-0.25, -0.2) is 4.39 Å². The predicted molar refractivity (Wildman–Crippen MR) is 63.7 cm³/mol. The van der Waals surface area contributed by atoms with Crippen LogP contribution in [0.5, 0.6) is 0 Å². The first-order valence-electron chi connectivity index (χ1n) is 5.39. The first kappa shape index (κ1) is 10.8. The van der Waals surface area contributed by atoms with E-state index in [-0.39, 0.29) is 5.82 Å². The molecule has 0 radical (unpaired) electrons. The van der Waals surface area contributed by atoms with E-state index in [0.29, 0.717) is 5.92 Å². The quantitative estimate of drug-likeness (QED) is 0.737. The van der Waals surface area contributed by atoms with Gasteiger partial charge in [0.15, 0.2) is 0 Å². The topological polar surface area (TPSA) is 12.9 Å². The average molecular weight is 215 g/mol. The third kappa shape index (κ3) is 2.11. The Balaban J connectivity index is 2.51. The van der Waals surface area contributed by atoms with Crippen molar-refractivity contribution in [2.45, 2.75) is 19.8 Å². The Labute approximate surface area is 95.0 Å². The molecule has 0 saturated carbocycles. The fraction of sp³-hybridized carbons (Fsp3) is 0.214. The van der Waals surface area contributed by atoms with E-state index in [9.17, 15) is 4.39 Å². The molecule has 1 aromatic heterocycles. The predicted octanol–water partition coefficient (Wildman–Crippen LogP) is 4.01. The molecule has 0 aliphatic rings. The van der Waals surface area contributed by atoms with Crippen molar-refractivity contribution in [3.63, 3.8) is 0 Å². The zero-order valence-corrected chi connectivity index (χ0v) is 9.44. The second kappa shape index (κ2) is 4.44. The number of pyridine rings is 1. The maximum absolute atomic E-state index is 12.8. The summed E-state index contributed by atoms with van der Waals surface area (Å²) in [6.07, 6.45) is 1.79. The van der Waals surface area contributed by atoms with Crippen molar-refractivity contribution in [3.05, 3.63) is 54.1 Å². The van der Waals surface area contributed by atoms with Gasteiger partial charge >= 0.3 is 0 Å². The molecule has 0 N–H and O–H groups in total. The molecule has 2 heteroatoms. The lowest BCUT2D eigenvalue weighted by atomic mass is 9.98. The minimum atomic E-state index is -0.210. The van der Waals surface area contributed by atoms with Gasteiger partial charge in [0.05, 0.1) is 5.69 Å². The molecule has 2 aromatic rings. The number of rotatable bonds is 2. The van der Waals surface area contributed by atoms with Crippen molar-refractivity contribution < 1.29 is 4.39 Å². The van der Waals surface area contributed by atoms with Gasteiger partial charge in [0, 0.05) is 11.8 Å². The molecule has 0 bridgehead atoms. The van der Waals surface area contributed by atoms with Gasteiger partial charge in [-0.3, -0.25) is 4.98 Å². The molecule has 0 atom stereocenters. The van der Waals surface area contributed by atoms with Crippen LogP contribution in [0.15, 0.2) is 42.6 Å². The van der Waals surface area contributed by atoms with Crippen LogP contribution in [-0.2, 0) is 0 Å². The lowest BCUT2D eigenvalue weighted by Gasteiger charge is -2.11. The van der Waals surface area contributed by atoms with Crippen molar-refractivity contribution in [3.8, 4) is 11.1 Å². The summed E-state index contributed by atoms with van der Waals surface area (Å²) >= 11 is 0. The summed E-state index contributed by atoms with van der Waals surface area (Å²) in [5.74, 6) is 0.153. The van der Waals surface area contributed by atoms with Crippen molar-refractivity contribution in [2.24, 2.45) is 0 Å². The van der Waals surface area contributed by atoms with Gasteiger partial charge in [0.2, 0.25) is 0 Å². The second-order valence-electron chi connectivity index (χ2n) is 4.10. The van der Waals surface area contributed by atoms with E-state index < -0.39 is 0 Å². The highest BCUT2D eigenvalue weighted by molar-refractivity contribution is 5.66. The molecule has 0 unspecified atom stereocenters. The highest BCUT2D eigenvalue weighted by Crippen LogP contribution is 2.27. The van der Waals surface area contributed by atoms with E-state index in [0.717, 1.165) is 16.8 Å². The highest BCUT2D eigenvalue weighted by atomic mass is 19.1. The maximum atomic E-state index is 12.8. The van der Waals surface area contributed by atoms with Crippen LogP contribution in [0.4, 0.5) is 4.39 Å². The Kier molecular flexibility index (Phi) is 3.00. The molecular formula is C14H14FN. The zero-order chi connectivity index (χ0) is 11.5. The van der Waals surface area contributed by atoms with Crippen molar-refractivity contribution in [2.75, 3.05) is 0 Å². The molecular weight excluding hydrogens is 201 g/mol. The Morgan fingerprint density at radius 2 is 1.75 bits per heavy atom. The first-order chi connectivity index (χ1) is 7.68. The van der Waals surface area contributed by atoms with Crippen LogP contribution in [0.3, 0.4) is 0 Å². The molecule has 82 valence electrons. The largest absolute Gasteiger partial charge is 0.260 e. The third-order valence-electron chi connectivity index (χ3n) is 2.54. The average Bonchev–Trinajstić information content (AvgIpc) is 2.30. The van der Waals surface area contributed by atoms with Gasteiger partial charge in [0.25, 0.3) is 0 Å². The molecule has 0 fully saturated rings. The number of benzene rings is 1. The van der Waals surface area contributed by atoms with Crippen LogP contribution in [0.25, 0.3) is 11.1 Å². The van der Waals surface area contributed by atoms with E-state index in [1.807, 2.05) is 12.1 Å². The van der Waals surface area contributed by atoms with Crippen molar-refractivity contribution in [1.82, 2.24) is 4.98 Å². The molecule has 0 aliphatic heterocycles. The summed E-state index contributed by atoms with van der Waals surface area (Å²) in [5, 5.41) is 0. The standard InChI is InChI=1S/C14H14FN/c1-10(2)14-13(4-3-9-16-14)11-5-7-12(15)8-6-11/h3-10H,1-2H3. The fourth-order valence-corrected chi connectivity index (χ4v) is 1.75. The first-order valence-corrected chi connectivity index (χ1v) is 5.39. The molecule has 0 amide bonds. The minimum absolute atomic E-state index is 0.210. The van der Waals surface area contributed by atoms with Crippen LogP contribution in [-0.4, -0.2) is 4.98 Å². The van der Waals surface area contributed by atoms with Gasteiger partial charge in [-0.1, -0.05) is 32.0 Å². The van der Waals surface area contributed by atoms with Crippen LogP contribution in [0.1, 0.15) is 25.5 Å². The van der Waals surface area contributed by atoms with Crippen LogP contribution in [0.2, 0.25) is 0 Å². The van der Waals surface area contributed by atoms with Crippen molar-refractivity contribution in [1.29, 1.82) is 0 Å². The second-order valence-corrected chi connectivity index (χ2v) is 4.10. The molecule has 0 aliphatic carbocycles. The molecule has 16 heavy (non-hydrogen) atoms. The van der Waals surface area contributed by atoms with Gasteiger partial charge in [0.1, 0.15) is 5.82 Å². The smallest absolute Gasteiger partial charge is 0.123 e. The zero-order valence-electron chi connectivity index (χ0n) is 9.44. The lowest BCUT2D eigenvalue weighted by molar-refractivity contribution is 0.628. The van der Waals surface area contributed by atoms with Crippen LogP contribution >= 0.6 is 0 Å². The molecule has 1 nitrogen and oxygen atoms in total. The number of nitrogens with zero attached hydrogens (tertiary/aromatic N) is 1. The van der Waals surface area contributed by atoms with E-state index >= 15 is 0 Å². The van der Waals surface area contributed by atoms with Gasteiger partial charge in [-0.2, -0.15) is 0 Å². The highest BCUT2D eigenvalue weighted by Gasteiger charge is 2.08. The summed E-state index contributed by atoms with van der Waals surface area (Å²) in [6, 6.07) is 10.5. The van der Waals surface area contributed by atoms with Gasteiger partial charge in [-0.15, -0.1) is 0 Å².